The first kappa shape index (κ1) is 20.2. The monoisotopic (exact) mass is 363 g/mol. The first-order chi connectivity index (χ1) is 12.0. The number of rotatable bonds is 5. The molecule has 8 nitrogen and oxygen atoms in total. The van der Waals surface area contributed by atoms with Crippen LogP contribution in [0.3, 0.4) is 0 Å². The SMILES string of the molecule is COC(=O)c1c(C=C(CNC(C)=O)B2OC(C)(C)C(C)(C)O2)cnn1C. The normalized spacial score (nSPS) is 18.7. The Hall–Kier alpha value is -2.13. The molecule has 142 valence electrons. The van der Waals surface area contributed by atoms with E-state index in [2.05, 4.69) is 10.4 Å². The van der Waals surface area contributed by atoms with Gasteiger partial charge in [0.2, 0.25) is 5.91 Å². The van der Waals surface area contributed by atoms with E-state index in [4.69, 9.17) is 14.0 Å². The third-order valence-corrected chi connectivity index (χ3v) is 4.78. The number of nitrogens with zero attached hydrogens (tertiary/aromatic N) is 2. The molecule has 1 aliphatic rings. The Morgan fingerprint density at radius 3 is 2.38 bits per heavy atom. The van der Waals surface area contributed by atoms with E-state index in [1.54, 1.807) is 19.3 Å². The van der Waals surface area contributed by atoms with Crippen LogP contribution in [0, 0.1) is 0 Å². The number of aromatic nitrogens is 2. The van der Waals surface area contributed by atoms with Gasteiger partial charge in [0, 0.05) is 26.1 Å². The summed E-state index contributed by atoms with van der Waals surface area (Å²) in [6.45, 7) is 9.47. The van der Waals surface area contributed by atoms with Crippen LogP contribution in [0.25, 0.3) is 6.08 Å². The topological polar surface area (TPSA) is 91.7 Å². The van der Waals surface area contributed by atoms with Crippen molar-refractivity contribution in [3.8, 4) is 0 Å². The smallest absolute Gasteiger partial charge is 0.464 e. The summed E-state index contributed by atoms with van der Waals surface area (Å²) in [5.41, 5.74) is 0.510. The standard InChI is InChI=1S/C17H26BN3O5/c1-11(22)19-10-13(18-25-16(2,3)17(4,5)26-18)8-12-9-20-21(6)14(12)15(23)24-7/h8-9H,10H2,1-7H3,(H,19,22). The summed E-state index contributed by atoms with van der Waals surface area (Å²) >= 11 is 0. The molecular formula is C17H26BN3O5. The molecule has 0 spiro atoms. The summed E-state index contributed by atoms with van der Waals surface area (Å²) in [6.07, 6.45) is 3.31. The molecule has 1 fully saturated rings. The minimum atomic E-state index is -0.655. The van der Waals surface area contributed by atoms with Crippen LogP contribution in [0.4, 0.5) is 0 Å². The van der Waals surface area contributed by atoms with Crippen molar-refractivity contribution in [3.05, 3.63) is 22.9 Å². The fourth-order valence-electron chi connectivity index (χ4n) is 2.53. The number of aryl methyl sites for hydroxylation is 1. The van der Waals surface area contributed by atoms with Gasteiger partial charge in [0.25, 0.3) is 0 Å². The van der Waals surface area contributed by atoms with E-state index >= 15 is 0 Å². The summed E-state index contributed by atoms with van der Waals surface area (Å²) in [5, 5.41) is 6.88. The average Bonchev–Trinajstić information content (AvgIpc) is 2.99. The van der Waals surface area contributed by atoms with Gasteiger partial charge in [0.1, 0.15) is 0 Å². The van der Waals surface area contributed by atoms with E-state index in [0.29, 0.717) is 16.7 Å². The molecule has 1 saturated heterocycles. The molecule has 0 bridgehead atoms. The molecule has 0 unspecified atom stereocenters. The van der Waals surface area contributed by atoms with Gasteiger partial charge in [-0.3, -0.25) is 9.48 Å². The molecule has 1 amide bonds. The van der Waals surface area contributed by atoms with Gasteiger partial charge < -0.3 is 19.4 Å². The molecule has 0 aromatic carbocycles. The minimum absolute atomic E-state index is 0.174. The van der Waals surface area contributed by atoms with Gasteiger partial charge >= 0.3 is 13.1 Å². The molecule has 1 N–H and O–H groups in total. The number of esters is 1. The van der Waals surface area contributed by atoms with Crippen molar-refractivity contribution in [1.82, 2.24) is 15.1 Å². The number of carbonyl (C=O) groups excluding carboxylic acids is 2. The Balaban J connectivity index is 2.42. The van der Waals surface area contributed by atoms with Crippen LogP contribution >= 0.6 is 0 Å². The molecule has 0 saturated carbocycles. The second-order valence-corrected chi connectivity index (χ2v) is 7.28. The number of methoxy groups -OCH3 is 1. The van der Waals surface area contributed by atoms with Crippen LogP contribution in [0.5, 0.6) is 0 Å². The lowest BCUT2D eigenvalue weighted by atomic mass is 9.77. The van der Waals surface area contributed by atoms with Gasteiger partial charge in [-0.05, 0) is 33.2 Å². The van der Waals surface area contributed by atoms with Gasteiger partial charge in [0.15, 0.2) is 5.69 Å². The first-order valence-corrected chi connectivity index (χ1v) is 8.39. The third kappa shape index (κ3) is 3.99. The number of amides is 1. The van der Waals surface area contributed by atoms with E-state index in [1.165, 1.54) is 18.7 Å². The zero-order valence-electron chi connectivity index (χ0n) is 16.4. The first-order valence-electron chi connectivity index (χ1n) is 8.39. The largest absolute Gasteiger partial charge is 0.492 e. The lowest BCUT2D eigenvalue weighted by molar-refractivity contribution is -0.118. The van der Waals surface area contributed by atoms with Crippen LogP contribution < -0.4 is 5.32 Å². The number of carbonyl (C=O) groups is 2. The van der Waals surface area contributed by atoms with E-state index in [1.807, 2.05) is 27.7 Å². The maximum absolute atomic E-state index is 12.0. The van der Waals surface area contributed by atoms with Gasteiger partial charge in [-0.25, -0.2) is 4.79 Å². The molecule has 2 heterocycles. The summed E-state index contributed by atoms with van der Waals surface area (Å²) in [6, 6.07) is 0. The zero-order chi connectivity index (χ0) is 19.7. The van der Waals surface area contributed by atoms with Crippen molar-refractivity contribution in [2.45, 2.75) is 45.8 Å². The van der Waals surface area contributed by atoms with E-state index < -0.39 is 24.3 Å². The number of ether oxygens (including phenoxy) is 1. The quantitative estimate of drug-likeness (QED) is 0.627. The van der Waals surface area contributed by atoms with Crippen LogP contribution in [0.2, 0.25) is 0 Å². The van der Waals surface area contributed by atoms with Crippen molar-refractivity contribution in [3.63, 3.8) is 0 Å². The zero-order valence-corrected chi connectivity index (χ0v) is 16.4. The highest BCUT2D eigenvalue weighted by atomic mass is 16.7. The number of hydrogen-bond acceptors (Lipinski definition) is 6. The second kappa shape index (κ2) is 7.24. The number of hydrogen-bond donors (Lipinski definition) is 1. The molecule has 9 heteroatoms. The fourth-order valence-corrected chi connectivity index (χ4v) is 2.53. The van der Waals surface area contributed by atoms with Crippen molar-refractivity contribution < 1.29 is 23.6 Å². The van der Waals surface area contributed by atoms with E-state index in [9.17, 15) is 9.59 Å². The highest BCUT2D eigenvalue weighted by molar-refractivity contribution is 6.56. The predicted octanol–water partition coefficient (Wildman–Crippen LogP) is 1.36. The highest BCUT2D eigenvalue weighted by Crippen LogP contribution is 2.38. The second-order valence-electron chi connectivity index (χ2n) is 7.28. The molecule has 2 rings (SSSR count). The minimum Gasteiger partial charge on any atom is -0.464 e. The van der Waals surface area contributed by atoms with Crippen molar-refractivity contribution >= 4 is 25.1 Å². The van der Waals surface area contributed by atoms with Gasteiger partial charge in [-0.1, -0.05) is 6.08 Å². The van der Waals surface area contributed by atoms with Crippen molar-refractivity contribution in [2.75, 3.05) is 13.7 Å². The average molecular weight is 363 g/mol. The van der Waals surface area contributed by atoms with E-state index in [0.717, 1.165) is 0 Å². The van der Waals surface area contributed by atoms with Crippen molar-refractivity contribution in [2.24, 2.45) is 7.05 Å². The summed E-state index contributed by atoms with van der Waals surface area (Å²) in [5.74, 6) is -0.671. The summed E-state index contributed by atoms with van der Waals surface area (Å²) < 4.78 is 18.4. The molecule has 0 atom stereocenters. The van der Waals surface area contributed by atoms with Gasteiger partial charge in [-0.15, -0.1) is 0 Å². The lowest BCUT2D eigenvalue weighted by Gasteiger charge is -2.32. The molecule has 0 aliphatic carbocycles. The maximum Gasteiger partial charge on any atom is 0.492 e. The molecule has 26 heavy (non-hydrogen) atoms. The number of nitrogens with one attached hydrogen (secondary N) is 1. The Bertz CT molecular complexity index is 723. The molecule has 1 aliphatic heterocycles. The summed E-state index contributed by atoms with van der Waals surface area (Å²) in [4.78, 5) is 23.4. The van der Waals surface area contributed by atoms with Crippen LogP contribution in [-0.2, 0) is 25.9 Å². The third-order valence-electron chi connectivity index (χ3n) is 4.78. The molecule has 1 aromatic rings. The van der Waals surface area contributed by atoms with E-state index in [-0.39, 0.29) is 12.5 Å². The van der Waals surface area contributed by atoms with Gasteiger partial charge in [-0.2, -0.15) is 5.10 Å². The van der Waals surface area contributed by atoms with Crippen LogP contribution in [0.1, 0.15) is 50.7 Å². The summed E-state index contributed by atoms with van der Waals surface area (Å²) in [7, 11) is 2.32. The maximum atomic E-state index is 12.0. The Labute approximate surface area is 154 Å². The van der Waals surface area contributed by atoms with Crippen LogP contribution in [0.15, 0.2) is 11.7 Å². The predicted molar refractivity (Wildman–Crippen MR) is 97.3 cm³/mol. The fraction of sp³-hybridized carbons (Fsp3) is 0.588. The van der Waals surface area contributed by atoms with Gasteiger partial charge in [0.05, 0.1) is 24.5 Å². The molecule has 1 aromatic heterocycles. The Morgan fingerprint density at radius 2 is 1.88 bits per heavy atom. The molecular weight excluding hydrogens is 337 g/mol. The molecule has 0 radical (unpaired) electrons. The van der Waals surface area contributed by atoms with Crippen LogP contribution in [-0.4, -0.2) is 53.6 Å². The Morgan fingerprint density at radius 1 is 1.31 bits per heavy atom. The lowest BCUT2D eigenvalue weighted by Crippen LogP contribution is -2.41. The Kier molecular flexibility index (Phi) is 5.62. The van der Waals surface area contributed by atoms with Crippen molar-refractivity contribution in [1.29, 1.82) is 0 Å². The highest BCUT2D eigenvalue weighted by Gasteiger charge is 2.52.